The molecule has 4 rings (SSSR count). The van der Waals surface area contributed by atoms with Gasteiger partial charge in [-0.05, 0) is 42.0 Å². The normalized spacial score (nSPS) is 11.1. The van der Waals surface area contributed by atoms with Crippen molar-refractivity contribution in [1.29, 1.82) is 0 Å². The Bertz CT molecular complexity index is 1210. The minimum atomic E-state index is -0.144. The number of rotatable bonds is 5. The highest BCUT2D eigenvalue weighted by molar-refractivity contribution is 5.82. The topological polar surface area (TPSA) is 62.5 Å². The third kappa shape index (κ3) is 3.87. The van der Waals surface area contributed by atoms with Gasteiger partial charge in [0.05, 0.1) is 22.8 Å². The van der Waals surface area contributed by atoms with Crippen LogP contribution < -0.4 is 15.9 Å². The van der Waals surface area contributed by atoms with Crippen LogP contribution in [0, 0.1) is 0 Å². The maximum absolute atomic E-state index is 13.1. The predicted octanol–water partition coefficient (Wildman–Crippen LogP) is 3.90. The first kappa shape index (κ1) is 18.4. The zero-order chi connectivity index (χ0) is 20.2. The molecule has 29 heavy (non-hydrogen) atoms. The van der Waals surface area contributed by atoms with E-state index in [1.165, 1.54) is 4.57 Å². The van der Waals surface area contributed by atoms with Crippen LogP contribution in [0.5, 0.6) is 0 Å². The van der Waals surface area contributed by atoms with Crippen LogP contribution >= 0.6 is 0 Å². The van der Waals surface area contributed by atoms with Crippen molar-refractivity contribution >= 4 is 28.8 Å². The van der Waals surface area contributed by atoms with E-state index in [2.05, 4.69) is 15.5 Å². The number of fused-ring (bicyclic) bond motifs is 1. The summed E-state index contributed by atoms with van der Waals surface area (Å²) in [6, 6.07) is 24.7. The summed E-state index contributed by atoms with van der Waals surface area (Å²) in [5, 5.41) is 4.87. The van der Waals surface area contributed by atoms with E-state index in [9.17, 15) is 4.79 Å². The van der Waals surface area contributed by atoms with Gasteiger partial charge < -0.3 is 4.90 Å². The number of nitrogens with one attached hydrogen (secondary N) is 1. The van der Waals surface area contributed by atoms with Gasteiger partial charge in [0.25, 0.3) is 5.56 Å². The number of benzene rings is 3. The lowest BCUT2D eigenvalue weighted by molar-refractivity contribution is 0.956. The Morgan fingerprint density at radius 2 is 1.62 bits per heavy atom. The van der Waals surface area contributed by atoms with E-state index in [-0.39, 0.29) is 5.56 Å². The Labute approximate surface area is 168 Å². The molecule has 4 aromatic rings. The van der Waals surface area contributed by atoms with Crippen LogP contribution in [0.1, 0.15) is 5.56 Å². The van der Waals surface area contributed by atoms with Crippen molar-refractivity contribution in [1.82, 2.24) is 9.55 Å². The Kier molecular flexibility index (Phi) is 5.07. The molecule has 0 saturated heterocycles. The molecule has 6 nitrogen and oxygen atoms in total. The summed E-state index contributed by atoms with van der Waals surface area (Å²) in [4.78, 5) is 19.8. The van der Waals surface area contributed by atoms with Gasteiger partial charge in [-0.15, -0.1) is 0 Å². The van der Waals surface area contributed by atoms with E-state index in [0.717, 1.165) is 16.9 Å². The van der Waals surface area contributed by atoms with Crippen LogP contribution in [0.4, 0.5) is 11.6 Å². The first-order valence-corrected chi connectivity index (χ1v) is 9.27. The van der Waals surface area contributed by atoms with Crippen LogP contribution in [0.25, 0.3) is 16.6 Å². The van der Waals surface area contributed by atoms with E-state index < -0.39 is 0 Å². The van der Waals surface area contributed by atoms with Crippen LogP contribution in [-0.4, -0.2) is 29.9 Å². The molecule has 0 aliphatic rings. The fourth-order valence-corrected chi connectivity index (χ4v) is 3.05. The molecule has 0 spiro atoms. The minimum absolute atomic E-state index is 0.144. The number of hydrazone groups is 1. The quantitative estimate of drug-likeness (QED) is 0.419. The van der Waals surface area contributed by atoms with Crippen molar-refractivity contribution in [3.63, 3.8) is 0 Å². The first-order valence-electron chi connectivity index (χ1n) is 9.27. The average molecular weight is 383 g/mol. The van der Waals surface area contributed by atoms with Crippen molar-refractivity contribution in [2.75, 3.05) is 24.4 Å². The van der Waals surface area contributed by atoms with Crippen molar-refractivity contribution in [2.24, 2.45) is 5.10 Å². The lowest BCUT2D eigenvalue weighted by atomic mass is 10.2. The monoisotopic (exact) mass is 383 g/mol. The molecule has 0 aliphatic heterocycles. The number of anilines is 2. The van der Waals surface area contributed by atoms with Gasteiger partial charge in [-0.2, -0.15) is 5.10 Å². The second-order valence-electron chi connectivity index (χ2n) is 6.78. The van der Waals surface area contributed by atoms with Crippen LogP contribution in [0.15, 0.2) is 88.8 Å². The molecule has 0 bridgehead atoms. The Morgan fingerprint density at radius 1 is 0.931 bits per heavy atom. The Hall–Kier alpha value is -3.93. The molecule has 0 atom stereocenters. The van der Waals surface area contributed by atoms with E-state index >= 15 is 0 Å². The SMILES string of the molecule is CN(C)c1ccc(/C=N\Nc2nc3ccccc3c(=O)n2-c2ccccc2)cc1. The second-order valence-corrected chi connectivity index (χ2v) is 6.78. The maximum atomic E-state index is 13.1. The van der Waals surface area contributed by atoms with Gasteiger partial charge in [-0.3, -0.25) is 4.79 Å². The van der Waals surface area contributed by atoms with Crippen molar-refractivity contribution in [3.05, 3.63) is 94.8 Å². The van der Waals surface area contributed by atoms with Gasteiger partial charge in [0.2, 0.25) is 5.95 Å². The lowest BCUT2D eigenvalue weighted by Gasteiger charge is -2.13. The molecule has 0 amide bonds. The highest BCUT2D eigenvalue weighted by atomic mass is 16.1. The summed E-state index contributed by atoms with van der Waals surface area (Å²) in [6.07, 6.45) is 1.70. The number of para-hydroxylation sites is 2. The fourth-order valence-electron chi connectivity index (χ4n) is 3.05. The number of nitrogens with zero attached hydrogens (tertiary/aromatic N) is 4. The molecular formula is C23H21N5O. The molecule has 3 aromatic carbocycles. The predicted molar refractivity (Wildman–Crippen MR) is 119 cm³/mol. The van der Waals surface area contributed by atoms with E-state index in [1.807, 2.05) is 91.8 Å². The first-order chi connectivity index (χ1) is 14.1. The summed E-state index contributed by atoms with van der Waals surface area (Å²) in [5.74, 6) is 0.362. The molecule has 0 fully saturated rings. The van der Waals surface area contributed by atoms with Crippen molar-refractivity contribution in [2.45, 2.75) is 0 Å². The number of hydrogen-bond acceptors (Lipinski definition) is 5. The fraction of sp³-hybridized carbons (Fsp3) is 0.0870. The van der Waals surface area contributed by atoms with Gasteiger partial charge in [0, 0.05) is 19.8 Å². The summed E-state index contributed by atoms with van der Waals surface area (Å²) >= 11 is 0. The maximum Gasteiger partial charge on any atom is 0.267 e. The van der Waals surface area contributed by atoms with Crippen LogP contribution in [0.3, 0.4) is 0 Å². The molecular weight excluding hydrogens is 362 g/mol. The summed E-state index contributed by atoms with van der Waals surface area (Å²) < 4.78 is 1.54. The lowest BCUT2D eigenvalue weighted by Crippen LogP contribution is -2.22. The van der Waals surface area contributed by atoms with Gasteiger partial charge in [0.15, 0.2) is 0 Å². The molecule has 1 heterocycles. The Morgan fingerprint density at radius 3 is 2.34 bits per heavy atom. The van der Waals surface area contributed by atoms with Gasteiger partial charge in [0.1, 0.15) is 0 Å². The van der Waals surface area contributed by atoms with E-state index in [0.29, 0.717) is 16.9 Å². The molecule has 0 saturated carbocycles. The van der Waals surface area contributed by atoms with Gasteiger partial charge in [-0.25, -0.2) is 15.0 Å². The van der Waals surface area contributed by atoms with Crippen molar-refractivity contribution in [3.8, 4) is 5.69 Å². The molecule has 0 unspecified atom stereocenters. The number of hydrogen-bond donors (Lipinski definition) is 1. The van der Waals surface area contributed by atoms with E-state index in [1.54, 1.807) is 12.3 Å². The third-order valence-corrected chi connectivity index (χ3v) is 4.58. The van der Waals surface area contributed by atoms with E-state index in [4.69, 9.17) is 0 Å². The largest absolute Gasteiger partial charge is 0.378 e. The van der Waals surface area contributed by atoms with Crippen LogP contribution in [0.2, 0.25) is 0 Å². The smallest absolute Gasteiger partial charge is 0.267 e. The summed E-state index contributed by atoms with van der Waals surface area (Å²) in [5.41, 5.74) is 6.20. The molecule has 1 aromatic heterocycles. The summed E-state index contributed by atoms with van der Waals surface area (Å²) in [7, 11) is 4.00. The highest BCUT2D eigenvalue weighted by Gasteiger charge is 2.11. The molecule has 0 radical (unpaired) electrons. The zero-order valence-electron chi connectivity index (χ0n) is 16.3. The van der Waals surface area contributed by atoms with Gasteiger partial charge >= 0.3 is 0 Å². The standard InChI is InChI=1S/C23H21N5O/c1-27(2)18-14-12-17(13-15-18)16-24-26-23-25-21-11-7-6-10-20(21)22(29)28(23)19-8-4-3-5-9-19/h3-16H,1-2H3,(H,25,26)/b24-16-. The minimum Gasteiger partial charge on any atom is -0.378 e. The van der Waals surface area contributed by atoms with Crippen molar-refractivity contribution < 1.29 is 0 Å². The zero-order valence-corrected chi connectivity index (χ0v) is 16.3. The third-order valence-electron chi connectivity index (χ3n) is 4.58. The Balaban J connectivity index is 1.72. The second kappa shape index (κ2) is 7.98. The highest BCUT2D eigenvalue weighted by Crippen LogP contribution is 2.16. The molecule has 144 valence electrons. The number of aromatic nitrogens is 2. The van der Waals surface area contributed by atoms with Gasteiger partial charge in [-0.1, -0.05) is 42.5 Å². The molecule has 6 heteroatoms. The summed E-state index contributed by atoms with van der Waals surface area (Å²) in [6.45, 7) is 0. The average Bonchev–Trinajstić information content (AvgIpc) is 2.75. The molecule has 0 aliphatic carbocycles. The molecule has 1 N–H and O–H groups in total. The van der Waals surface area contributed by atoms with Crippen LogP contribution in [-0.2, 0) is 0 Å².